The second-order valence-corrected chi connectivity index (χ2v) is 5.71. The maximum Gasteiger partial charge on any atom is 0.135 e. The Kier molecular flexibility index (Phi) is 3.78. The van der Waals surface area contributed by atoms with Crippen LogP contribution in [0.3, 0.4) is 0 Å². The van der Waals surface area contributed by atoms with Gasteiger partial charge < -0.3 is 15.4 Å². The molecule has 5 heteroatoms. The van der Waals surface area contributed by atoms with Crippen molar-refractivity contribution in [3.63, 3.8) is 0 Å². The third-order valence-electron chi connectivity index (χ3n) is 4.28. The van der Waals surface area contributed by atoms with Gasteiger partial charge in [-0.15, -0.1) is 0 Å². The highest BCUT2D eigenvalue weighted by Gasteiger charge is 2.41. The van der Waals surface area contributed by atoms with E-state index in [0.29, 0.717) is 18.2 Å². The van der Waals surface area contributed by atoms with Crippen LogP contribution in [-0.4, -0.2) is 34.8 Å². The number of rotatable bonds is 5. The van der Waals surface area contributed by atoms with Gasteiger partial charge in [-0.1, -0.05) is 6.92 Å². The molecule has 2 fully saturated rings. The summed E-state index contributed by atoms with van der Waals surface area (Å²) >= 11 is 0. The molecule has 2 N–H and O–H groups in total. The molecular weight excluding hydrogens is 252 g/mol. The van der Waals surface area contributed by atoms with E-state index >= 15 is 0 Å². The highest BCUT2D eigenvalue weighted by Crippen LogP contribution is 2.36. The Hall–Kier alpha value is -1.36. The van der Waals surface area contributed by atoms with E-state index < -0.39 is 0 Å². The molecule has 2 saturated heterocycles. The summed E-state index contributed by atoms with van der Waals surface area (Å²) in [5.74, 6) is 2.80. The van der Waals surface area contributed by atoms with Gasteiger partial charge >= 0.3 is 0 Å². The normalized spacial score (nSPS) is 27.9. The predicted molar refractivity (Wildman–Crippen MR) is 80.2 cm³/mol. The highest BCUT2D eigenvalue weighted by atomic mass is 16.5. The van der Waals surface area contributed by atoms with Gasteiger partial charge in [0.15, 0.2) is 0 Å². The SMILES string of the molecule is CCNc1nc(CC)nc(NC2CC3CCC2O3)c1C. The molecule has 3 unspecified atom stereocenters. The first-order chi connectivity index (χ1) is 9.71. The van der Waals surface area contributed by atoms with E-state index in [9.17, 15) is 0 Å². The lowest BCUT2D eigenvalue weighted by Crippen LogP contribution is -2.31. The maximum atomic E-state index is 5.91. The van der Waals surface area contributed by atoms with Crippen LogP contribution in [0, 0.1) is 6.92 Å². The minimum Gasteiger partial charge on any atom is -0.373 e. The van der Waals surface area contributed by atoms with Gasteiger partial charge in [-0.3, -0.25) is 0 Å². The first-order valence-corrected chi connectivity index (χ1v) is 7.74. The molecule has 20 heavy (non-hydrogen) atoms. The molecule has 110 valence electrons. The lowest BCUT2D eigenvalue weighted by molar-refractivity contribution is 0.102. The summed E-state index contributed by atoms with van der Waals surface area (Å²) in [6.07, 6.45) is 5.16. The van der Waals surface area contributed by atoms with E-state index in [2.05, 4.69) is 41.4 Å². The third kappa shape index (κ3) is 2.46. The number of nitrogens with zero attached hydrogens (tertiary/aromatic N) is 2. The first-order valence-electron chi connectivity index (χ1n) is 7.74. The molecule has 0 spiro atoms. The molecule has 0 saturated carbocycles. The molecule has 3 rings (SSSR count). The van der Waals surface area contributed by atoms with Gasteiger partial charge in [0.25, 0.3) is 0 Å². The predicted octanol–water partition coefficient (Wildman–Crippen LogP) is 2.51. The standard InChI is InChI=1S/C15H24N4O/c1-4-13-18-14(16-5-2)9(3)15(19-13)17-11-8-10-6-7-12(11)20-10/h10-12H,4-8H2,1-3H3,(H2,16,17,18,19). The lowest BCUT2D eigenvalue weighted by Gasteiger charge is -2.22. The molecule has 0 radical (unpaired) electrons. The summed E-state index contributed by atoms with van der Waals surface area (Å²) in [6, 6.07) is 0.404. The number of nitrogens with one attached hydrogen (secondary N) is 2. The average molecular weight is 276 g/mol. The zero-order valence-electron chi connectivity index (χ0n) is 12.6. The minimum atomic E-state index is 0.363. The Balaban J connectivity index is 1.82. The molecule has 0 amide bonds. The lowest BCUT2D eigenvalue weighted by atomic mass is 9.95. The van der Waals surface area contributed by atoms with Gasteiger partial charge in [0, 0.05) is 18.5 Å². The van der Waals surface area contributed by atoms with Crippen molar-refractivity contribution in [2.75, 3.05) is 17.2 Å². The van der Waals surface area contributed by atoms with Crippen molar-refractivity contribution in [1.29, 1.82) is 0 Å². The summed E-state index contributed by atoms with van der Waals surface area (Å²) in [4.78, 5) is 9.23. The molecule has 3 heterocycles. The zero-order chi connectivity index (χ0) is 14.1. The third-order valence-corrected chi connectivity index (χ3v) is 4.28. The smallest absolute Gasteiger partial charge is 0.135 e. The van der Waals surface area contributed by atoms with Crippen LogP contribution in [0.2, 0.25) is 0 Å². The van der Waals surface area contributed by atoms with Crippen LogP contribution in [0.1, 0.15) is 44.5 Å². The van der Waals surface area contributed by atoms with Crippen LogP contribution >= 0.6 is 0 Å². The van der Waals surface area contributed by atoms with Crippen molar-refractivity contribution >= 4 is 11.6 Å². The topological polar surface area (TPSA) is 59.1 Å². The Labute approximate surface area is 120 Å². The Morgan fingerprint density at radius 3 is 2.60 bits per heavy atom. The average Bonchev–Trinajstić information content (AvgIpc) is 3.05. The largest absolute Gasteiger partial charge is 0.373 e. The van der Waals surface area contributed by atoms with Gasteiger partial charge in [0.2, 0.25) is 0 Å². The molecular formula is C15H24N4O. The van der Waals surface area contributed by atoms with Gasteiger partial charge in [0.05, 0.1) is 18.2 Å². The number of aromatic nitrogens is 2. The molecule has 1 aromatic rings. The van der Waals surface area contributed by atoms with E-state index in [-0.39, 0.29) is 0 Å². The maximum absolute atomic E-state index is 5.91. The van der Waals surface area contributed by atoms with Crippen LogP contribution in [-0.2, 0) is 11.2 Å². The number of ether oxygens (including phenoxy) is 1. The Bertz CT molecular complexity index is 491. The van der Waals surface area contributed by atoms with E-state index in [1.807, 2.05) is 0 Å². The second-order valence-electron chi connectivity index (χ2n) is 5.71. The van der Waals surface area contributed by atoms with Gasteiger partial charge in [-0.05, 0) is 33.1 Å². The molecule has 2 aliphatic rings. The van der Waals surface area contributed by atoms with Crippen molar-refractivity contribution in [3.8, 4) is 0 Å². The van der Waals surface area contributed by atoms with Crippen LogP contribution < -0.4 is 10.6 Å². The summed E-state index contributed by atoms with van der Waals surface area (Å²) in [5.41, 5.74) is 1.10. The minimum absolute atomic E-state index is 0.363. The van der Waals surface area contributed by atoms with Gasteiger partial charge in [-0.2, -0.15) is 0 Å². The van der Waals surface area contributed by atoms with Crippen LogP contribution in [0.25, 0.3) is 0 Å². The van der Waals surface area contributed by atoms with Gasteiger partial charge in [-0.25, -0.2) is 9.97 Å². The molecule has 1 aromatic heterocycles. The molecule has 3 atom stereocenters. The Morgan fingerprint density at radius 2 is 2.00 bits per heavy atom. The highest BCUT2D eigenvalue weighted by molar-refractivity contribution is 5.57. The number of fused-ring (bicyclic) bond motifs is 2. The number of anilines is 2. The zero-order valence-corrected chi connectivity index (χ0v) is 12.6. The number of hydrogen-bond donors (Lipinski definition) is 2. The Morgan fingerprint density at radius 1 is 1.20 bits per heavy atom. The molecule has 0 aliphatic carbocycles. The summed E-state index contributed by atoms with van der Waals surface area (Å²) in [5, 5.41) is 6.93. The number of hydrogen-bond acceptors (Lipinski definition) is 5. The van der Waals surface area contributed by atoms with E-state index in [4.69, 9.17) is 4.74 Å². The van der Waals surface area contributed by atoms with Crippen LogP contribution in [0.4, 0.5) is 11.6 Å². The van der Waals surface area contributed by atoms with E-state index in [0.717, 1.165) is 42.4 Å². The van der Waals surface area contributed by atoms with Crippen molar-refractivity contribution in [3.05, 3.63) is 11.4 Å². The fourth-order valence-electron chi connectivity index (χ4n) is 3.17. The fraction of sp³-hybridized carbons (Fsp3) is 0.733. The molecule has 2 aliphatic heterocycles. The first kappa shape index (κ1) is 13.6. The summed E-state index contributed by atoms with van der Waals surface area (Å²) in [6.45, 7) is 7.13. The quantitative estimate of drug-likeness (QED) is 0.865. The van der Waals surface area contributed by atoms with Crippen LogP contribution in [0.5, 0.6) is 0 Å². The molecule has 2 bridgehead atoms. The number of aryl methyl sites for hydroxylation is 1. The van der Waals surface area contributed by atoms with Crippen molar-refractivity contribution in [1.82, 2.24) is 9.97 Å². The summed E-state index contributed by atoms with van der Waals surface area (Å²) < 4.78 is 5.91. The fourth-order valence-corrected chi connectivity index (χ4v) is 3.17. The monoisotopic (exact) mass is 276 g/mol. The van der Waals surface area contributed by atoms with Crippen molar-refractivity contribution in [2.45, 2.75) is 64.7 Å². The molecule has 5 nitrogen and oxygen atoms in total. The van der Waals surface area contributed by atoms with E-state index in [1.165, 1.54) is 12.8 Å². The van der Waals surface area contributed by atoms with Crippen LogP contribution in [0.15, 0.2) is 0 Å². The molecule has 0 aromatic carbocycles. The second kappa shape index (κ2) is 5.56. The van der Waals surface area contributed by atoms with Gasteiger partial charge in [0.1, 0.15) is 17.5 Å². The van der Waals surface area contributed by atoms with Crippen molar-refractivity contribution in [2.24, 2.45) is 0 Å². The van der Waals surface area contributed by atoms with Crippen molar-refractivity contribution < 1.29 is 4.74 Å². The van der Waals surface area contributed by atoms with E-state index in [1.54, 1.807) is 0 Å². The summed E-state index contributed by atoms with van der Waals surface area (Å²) in [7, 11) is 0.